The van der Waals surface area contributed by atoms with Gasteiger partial charge in [-0.1, -0.05) is 97.1 Å². The number of nitro groups is 1. The van der Waals surface area contributed by atoms with Gasteiger partial charge in [0.2, 0.25) is 0 Å². The Kier molecular flexibility index (Phi) is 22.2. The van der Waals surface area contributed by atoms with E-state index in [4.69, 9.17) is 34.9 Å². The van der Waals surface area contributed by atoms with Gasteiger partial charge < -0.3 is 45.5 Å². The summed E-state index contributed by atoms with van der Waals surface area (Å²) in [6.45, 7) is 6.77. The number of ether oxygens (including phenoxy) is 4. The van der Waals surface area contributed by atoms with Crippen molar-refractivity contribution in [1.29, 1.82) is 0 Å². The molecule has 16 nitrogen and oxygen atoms in total. The Hall–Kier alpha value is -7.56. The maximum absolute atomic E-state index is 13.3. The summed E-state index contributed by atoms with van der Waals surface area (Å²) in [6, 6.07) is 32.1. The maximum Gasteiger partial charge on any atom is 0.337 e. The molecule has 2 unspecified atom stereocenters. The summed E-state index contributed by atoms with van der Waals surface area (Å²) < 4.78 is 21.7. The van der Waals surface area contributed by atoms with Crippen molar-refractivity contribution in [2.75, 3.05) is 45.4 Å². The zero-order chi connectivity index (χ0) is 50.6. The fourth-order valence-corrected chi connectivity index (χ4v) is 7.81. The molecule has 0 saturated carbocycles. The number of anilines is 1. The van der Waals surface area contributed by atoms with Crippen LogP contribution in [0.5, 0.6) is 0 Å². The van der Waals surface area contributed by atoms with Crippen LogP contribution in [-0.4, -0.2) is 78.7 Å². The second-order valence-electron chi connectivity index (χ2n) is 16.0. The summed E-state index contributed by atoms with van der Waals surface area (Å²) in [5.74, 6) is -4.11. The van der Waals surface area contributed by atoms with Gasteiger partial charge in [-0.2, -0.15) is 0 Å². The van der Waals surface area contributed by atoms with E-state index in [0.717, 1.165) is 11.1 Å². The second kappa shape index (κ2) is 28.2. The first-order valence-corrected chi connectivity index (χ1v) is 22.6. The predicted molar refractivity (Wildman–Crippen MR) is 265 cm³/mol. The third kappa shape index (κ3) is 15.7. The molecule has 2 aliphatic rings. The van der Waals surface area contributed by atoms with Crippen LogP contribution in [0.4, 0.5) is 11.4 Å². The zero-order valence-electron chi connectivity index (χ0n) is 39.9. The summed E-state index contributed by atoms with van der Waals surface area (Å²) in [7, 11) is 0. The first-order valence-electron chi connectivity index (χ1n) is 22.6. The molecule has 4 aromatic rings. The number of benzene rings is 4. The number of aliphatic hydroxyl groups is 2. The Morgan fingerprint density at radius 3 is 1.34 bits per heavy atom. The van der Waals surface area contributed by atoms with Crippen LogP contribution in [0.3, 0.4) is 0 Å². The smallest absolute Gasteiger partial charge is 0.337 e. The van der Waals surface area contributed by atoms with E-state index < -0.39 is 40.6 Å². The number of hydrogen-bond donors (Lipinski definition) is 5. The molecule has 0 saturated heterocycles. The van der Waals surface area contributed by atoms with Crippen molar-refractivity contribution in [2.24, 2.45) is 0 Å². The average molecular weight is 1010 g/mol. The van der Waals surface area contributed by atoms with E-state index >= 15 is 0 Å². The van der Waals surface area contributed by atoms with Gasteiger partial charge in [0.05, 0.1) is 52.3 Å². The largest absolute Gasteiger partial charge is 0.462 e. The minimum absolute atomic E-state index is 0. The average Bonchev–Trinajstić information content (AvgIpc) is 3.34. The first kappa shape index (κ1) is 56.0. The van der Waals surface area contributed by atoms with E-state index in [0.29, 0.717) is 57.2 Å². The summed E-state index contributed by atoms with van der Waals surface area (Å²) in [5, 5.41) is 35.6. The van der Waals surface area contributed by atoms with Crippen LogP contribution < -0.4 is 16.4 Å². The molecule has 0 bridgehead atoms. The molecule has 0 aliphatic carbocycles. The molecule has 0 radical (unpaired) electrons. The molecule has 6 rings (SSSR count). The molecule has 17 heteroatoms. The fraction of sp³-hybridized carbons (Fsp3) is 0.259. The number of nitrogens with two attached hydrogens (primary N) is 1. The molecule has 2 heterocycles. The summed E-state index contributed by atoms with van der Waals surface area (Å²) in [4.78, 5) is 63.5. The minimum atomic E-state index is -0.946. The monoisotopic (exact) mass is 1010 g/mol. The van der Waals surface area contributed by atoms with Crippen LogP contribution in [0.1, 0.15) is 74.6 Å². The van der Waals surface area contributed by atoms with E-state index in [-0.39, 0.29) is 80.0 Å². The van der Waals surface area contributed by atoms with Crippen LogP contribution in [0.25, 0.3) is 12.2 Å². The number of aliphatic hydroxyl groups excluding tert-OH is 2. The normalized spacial score (nSPS) is 15.5. The molecule has 4 aromatic carbocycles. The number of esters is 4. The first-order chi connectivity index (χ1) is 33.7. The zero-order valence-corrected chi connectivity index (χ0v) is 41.0. The Labute approximate surface area is 423 Å². The standard InChI is InChI=1S/C27H28N2O7.C27H30N2O5.Fe/c1-18-23(26(31)35-15-7-11-20-9-4-3-5-10-20)25(21-12-6-13-22(17-21)29(33)34)24(19(2)28-18)27(32)36-16-8-14-30;1-18-23(26(31)33-15-7-11-20-9-4-3-5-10-20)25(21-12-6-13-22(28)17-21)24(19(2)29-18)27(32)34-16-8-14-30;/h3-7,9-13,17,25,28,30H,8,14-16H2,1-2H3;3-7,9-13,17,25,29-30H,8,14-16,28H2,1-2H3;/b2*11-7+;. The number of allylic oxidation sites excluding steroid dienone is 4. The predicted octanol–water partition coefficient (Wildman–Crippen LogP) is 7.70. The maximum atomic E-state index is 13.3. The molecule has 0 spiro atoms. The molecule has 2 aliphatic heterocycles. The number of rotatable bonds is 19. The van der Waals surface area contributed by atoms with Crippen molar-refractivity contribution >= 4 is 47.4 Å². The van der Waals surface area contributed by atoms with Gasteiger partial charge >= 0.3 is 23.9 Å². The van der Waals surface area contributed by atoms with Crippen LogP contribution in [0.15, 0.2) is 166 Å². The Morgan fingerprint density at radius 1 is 0.577 bits per heavy atom. The van der Waals surface area contributed by atoms with Gasteiger partial charge in [0, 0.05) is 83.7 Å². The number of nitro benzene ring substituents is 1. The third-order valence-electron chi connectivity index (χ3n) is 11.0. The Morgan fingerprint density at radius 2 is 0.958 bits per heavy atom. The number of nitrogens with one attached hydrogen (secondary N) is 2. The minimum Gasteiger partial charge on any atom is -0.462 e. The number of nitrogens with zero attached hydrogens (tertiary/aromatic N) is 1. The van der Waals surface area contributed by atoms with Gasteiger partial charge in [-0.3, -0.25) is 10.1 Å². The van der Waals surface area contributed by atoms with E-state index in [1.807, 2.05) is 78.9 Å². The van der Waals surface area contributed by atoms with Crippen molar-refractivity contribution in [2.45, 2.75) is 52.4 Å². The topological polar surface area (TPSA) is 239 Å². The molecule has 0 fully saturated rings. The SMILES string of the molecule is CC1=C(C(=O)OC/C=C/c2ccccc2)C(c2cccc(N)c2)C(C(=O)OCCCO)=C(C)N1.CC1=C(C(=O)OC/C=C/c2ccccc2)C(c2cccc([N+](=O)[O-])c2)C(C(=O)OCCCO)=C(C)N1.[Fe]. The molecule has 71 heavy (non-hydrogen) atoms. The van der Waals surface area contributed by atoms with Crippen molar-refractivity contribution in [3.8, 4) is 0 Å². The number of carbonyl (C=O) groups is 4. The van der Waals surface area contributed by atoms with Crippen molar-refractivity contribution < 1.29 is 70.3 Å². The van der Waals surface area contributed by atoms with Crippen molar-refractivity contribution in [3.63, 3.8) is 0 Å². The third-order valence-corrected chi connectivity index (χ3v) is 11.0. The van der Waals surface area contributed by atoms with Gasteiger partial charge in [-0.05, 0) is 74.2 Å². The molecule has 0 aromatic heterocycles. The van der Waals surface area contributed by atoms with Gasteiger partial charge in [-0.15, -0.1) is 0 Å². The van der Waals surface area contributed by atoms with E-state index in [2.05, 4.69) is 10.6 Å². The van der Waals surface area contributed by atoms with Crippen LogP contribution in [0, 0.1) is 10.1 Å². The summed E-state index contributed by atoms with van der Waals surface area (Å²) in [6.07, 6.45) is 7.74. The number of nitrogen functional groups attached to an aromatic ring is 1. The van der Waals surface area contributed by atoms with Gasteiger partial charge in [0.1, 0.15) is 13.2 Å². The molecule has 6 N–H and O–H groups in total. The van der Waals surface area contributed by atoms with E-state index in [1.165, 1.54) is 18.2 Å². The van der Waals surface area contributed by atoms with Gasteiger partial charge in [0.25, 0.3) is 5.69 Å². The molecular weight excluding hydrogens is 952 g/mol. The Balaban J connectivity index is 0.000000305. The van der Waals surface area contributed by atoms with Gasteiger partial charge in [-0.25, -0.2) is 19.2 Å². The van der Waals surface area contributed by atoms with Crippen molar-refractivity contribution in [3.05, 3.63) is 199 Å². The van der Waals surface area contributed by atoms with Crippen LogP contribution in [0.2, 0.25) is 0 Å². The van der Waals surface area contributed by atoms with Crippen LogP contribution in [-0.2, 0) is 55.2 Å². The molecule has 0 amide bonds. The molecule has 2 atom stereocenters. The molecular formula is C54H58FeN4O12. The number of hydrogen-bond acceptors (Lipinski definition) is 15. The van der Waals surface area contributed by atoms with E-state index in [9.17, 15) is 29.3 Å². The summed E-state index contributed by atoms with van der Waals surface area (Å²) in [5.41, 5.74) is 12.4. The van der Waals surface area contributed by atoms with Crippen LogP contribution >= 0.6 is 0 Å². The second-order valence-corrected chi connectivity index (χ2v) is 16.0. The fourth-order valence-electron chi connectivity index (χ4n) is 7.81. The van der Waals surface area contributed by atoms with E-state index in [1.54, 1.807) is 64.1 Å². The van der Waals surface area contributed by atoms with Crippen molar-refractivity contribution in [1.82, 2.24) is 10.6 Å². The number of dihydropyridines is 2. The molecule has 374 valence electrons. The number of non-ortho nitro benzene ring substituents is 1. The van der Waals surface area contributed by atoms with Gasteiger partial charge in [0.15, 0.2) is 0 Å². The summed E-state index contributed by atoms with van der Waals surface area (Å²) >= 11 is 0. The Bertz CT molecular complexity index is 2710. The number of carbonyl (C=O) groups excluding carboxylic acids is 4. The quantitative estimate of drug-likeness (QED) is 0.0115.